The van der Waals surface area contributed by atoms with Crippen molar-refractivity contribution in [3.8, 4) is 11.3 Å². The number of ether oxygens (including phenoxy) is 1. The topological polar surface area (TPSA) is 37.9 Å². The van der Waals surface area contributed by atoms with Gasteiger partial charge in [-0.3, -0.25) is 0 Å². The van der Waals surface area contributed by atoms with Gasteiger partial charge in [-0.15, -0.1) is 0 Å². The maximum absolute atomic E-state index is 13.3. The third-order valence-electron chi connectivity index (χ3n) is 2.45. The van der Waals surface area contributed by atoms with Gasteiger partial charge in [-0.05, 0) is 31.2 Å². The quantitative estimate of drug-likeness (QED) is 0.862. The maximum atomic E-state index is 13.3. The summed E-state index contributed by atoms with van der Waals surface area (Å²) in [4.78, 5) is 7.20. The molecule has 0 atom stereocenters. The fraction of sp³-hybridized carbons (Fsp3) is 0.231. The predicted octanol–water partition coefficient (Wildman–Crippen LogP) is 4.14. The van der Waals surface area contributed by atoms with E-state index in [1.54, 1.807) is 6.07 Å². The molecule has 0 fully saturated rings. The first-order chi connectivity index (χ1) is 9.10. The van der Waals surface area contributed by atoms with Gasteiger partial charge in [0.15, 0.2) is 0 Å². The number of aromatic amines is 1. The van der Waals surface area contributed by atoms with E-state index in [1.807, 2.05) is 6.92 Å². The molecule has 0 unspecified atom stereocenters. The maximum Gasteiger partial charge on any atom is 0.134 e. The van der Waals surface area contributed by atoms with Crippen LogP contribution in [0.15, 0.2) is 24.3 Å². The molecule has 100 valence electrons. The summed E-state index contributed by atoms with van der Waals surface area (Å²) in [5.41, 5.74) is 1.17. The van der Waals surface area contributed by atoms with Gasteiger partial charge in [0.1, 0.15) is 22.9 Å². The Morgan fingerprint density at radius 1 is 1.42 bits per heavy atom. The van der Waals surface area contributed by atoms with E-state index >= 15 is 0 Å². The van der Waals surface area contributed by atoms with Crippen LogP contribution in [0.2, 0.25) is 5.02 Å². The molecule has 0 aliphatic carbocycles. The van der Waals surface area contributed by atoms with E-state index in [2.05, 4.69) is 9.97 Å². The molecular formula is C13H12ClFN2OS. The molecule has 1 aromatic heterocycles. The van der Waals surface area contributed by atoms with Crippen LogP contribution in [0.1, 0.15) is 12.7 Å². The Bertz CT molecular complexity index is 645. The van der Waals surface area contributed by atoms with Crippen molar-refractivity contribution in [2.75, 3.05) is 6.61 Å². The van der Waals surface area contributed by atoms with Crippen LogP contribution in [-0.4, -0.2) is 16.6 Å². The fourth-order valence-electron chi connectivity index (χ4n) is 1.62. The first kappa shape index (κ1) is 14.1. The van der Waals surface area contributed by atoms with Gasteiger partial charge in [0.2, 0.25) is 0 Å². The number of nitrogens with zero attached hydrogens (tertiary/aromatic N) is 1. The second-order valence-electron chi connectivity index (χ2n) is 3.84. The van der Waals surface area contributed by atoms with Crippen molar-refractivity contribution < 1.29 is 9.13 Å². The molecule has 2 rings (SSSR count). The van der Waals surface area contributed by atoms with Crippen LogP contribution in [0.25, 0.3) is 11.3 Å². The third kappa shape index (κ3) is 3.59. The highest BCUT2D eigenvalue weighted by Gasteiger charge is 2.07. The molecule has 1 heterocycles. The third-order valence-corrected chi connectivity index (χ3v) is 2.99. The van der Waals surface area contributed by atoms with E-state index in [0.29, 0.717) is 40.0 Å². The predicted molar refractivity (Wildman–Crippen MR) is 75.2 cm³/mol. The number of benzene rings is 1. The molecule has 1 aromatic carbocycles. The Hall–Kier alpha value is -1.30. The lowest BCUT2D eigenvalue weighted by atomic mass is 10.1. The van der Waals surface area contributed by atoms with E-state index in [9.17, 15) is 4.39 Å². The second-order valence-corrected chi connectivity index (χ2v) is 4.67. The van der Waals surface area contributed by atoms with Gasteiger partial charge in [-0.2, -0.15) is 0 Å². The van der Waals surface area contributed by atoms with Crippen LogP contribution in [0.4, 0.5) is 4.39 Å². The monoisotopic (exact) mass is 298 g/mol. The summed E-state index contributed by atoms with van der Waals surface area (Å²) in [7, 11) is 0. The van der Waals surface area contributed by atoms with Gasteiger partial charge in [-0.1, -0.05) is 23.8 Å². The average molecular weight is 299 g/mol. The molecule has 0 bridgehead atoms. The van der Waals surface area contributed by atoms with E-state index in [0.717, 1.165) is 0 Å². The molecule has 0 amide bonds. The number of H-pyrrole nitrogens is 1. The van der Waals surface area contributed by atoms with Crippen molar-refractivity contribution in [1.29, 1.82) is 0 Å². The van der Waals surface area contributed by atoms with E-state index in [1.165, 1.54) is 18.2 Å². The second kappa shape index (κ2) is 6.23. The highest BCUT2D eigenvalue weighted by Crippen LogP contribution is 2.27. The van der Waals surface area contributed by atoms with Crippen molar-refractivity contribution in [2.24, 2.45) is 0 Å². The minimum Gasteiger partial charge on any atom is -0.374 e. The molecule has 6 heteroatoms. The fourth-order valence-corrected chi connectivity index (χ4v) is 2.07. The van der Waals surface area contributed by atoms with Crippen LogP contribution in [0.3, 0.4) is 0 Å². The Morgan fingerprint density at radius 3 is 2.95 bits per heavy atom. The van der Waals surface area contributed by atoms with Gasteiger partial charge >= 0.3 is 0 Å². The Kier molecular flexibility index (Phi) is 4.63. The van der Waals surface area contributed by atoms with Gasteiger partial charge in [0, 0.05) is 12.2 Å². The molecule has 0 spiro atoms. The van der Waals surface area contributed by atoms with E-state index < -0.39 is 0 Å². The first-order valence-corrected chi connectivity index (χ1v) is 6.52. The largest absolute Gasteiger partial charge is 0.374 e. The van der Waals surface area contributed by atoms with Crippen LogP contribution in [-0.2, 0) is 11.3 Å². The van der Waals surface area contributed by atoms with Gasteiger partial charge in [0.05, 0.1) is 10.7 Å². The molecule has 0 aliphatic heterocycles. The van der Waals surface area contributed by atoms with Crippen LogP contribution in [0.5, 0.6) is 0 Å². The molecule has 1 N–H and O–H groups in total. The molecule has 0 aliphatic rings. The lowest BCUT2D eigenvalue weighted by Crippen LogP contribution is -2.01. The summed E-state index contributed by atoms with van der Waals surface area (Å²) in [5.74, 6) is 0.228. The Labute approximate surface area is 120 Å². The highest BCUT2D eigenvalue weighted by atomic mass is 35.5. The van der Waals surface area contributed by atoms with Gasteiger partial charge < -0.3 is 9.72 Å². The summed E-state index contributed by atoms with van der Waals surface area (Å²) in [6.07, 6.45) is 0. The number of rotatable bonds is 4. The molecule has 2 aromatic rings. The summed E-state index contributed by atoms with van der Waals surface area (Å²) < 4.78 is 19.0. The number of aromatic nitrogens is 2. The zero-order valence-electron chi connectivity index (χ0n) is 10.2. The number of hydrogen-bond acceptors (Lipinski definition) is 3. The molecule has 19 heavy (non-hydrogen) atoms. The molecular weight excluding hydrogens is 287 g/mol. The standard InChI is InChI=1S/C13H12ClFN2OS/c1-2-18-7-12-16-11(6-13(19)17-12)9-5-8(15)3-4-10(9)14/h3-6H,2,7H2,1H3,(H,16,17,19). The minimum absolute atomic E-state index is 0.320. The smallest absolute Gasteiger partial charge is 0.134 e. The van der Waals surface area contributed by atoms with E-state index in [-0.39, 0.29) is 5.82 Å². The summed E-state index contributed by atoms with van der Waals surface area (Å²) >= 11 is 11.2. The Balaban J connectivity index is 2.46. The number of hydrogen-bond donors (Lipinski definition) is 1. The van der Waals surface area contributed by atoms with Gasteiger partial charge in [-0.25, -0.2) is 9.37 Å². The molecule has 3 nitrogen and oxygen atoms in total. The van der Waals surface area contributed by atoms with Crippen molar-refractivity contribution in [3.63, 3.8) is 0 Å². The SMILES string of the molecule is CCOCc1nc(=S)cc(-c2cc(F)ccc2Cl)[nH]1. The highest BCUT2D eigenvalue weighted by molar-refractivity contribution is 7.71. The lowest BCUT2D eigenvalue weighted by Gasteiger charge is -2.08. The summed E-state index contributed by atoms with van der Waals surface area (Å²) in [6, 6.07) is 5.81. The molecule has 0 saturated carbocycles. The normalized spacial score (nSPS) is 10.7. The Morgan fingerprint density at radius 2 is 2.21 bits per heavy atom. The number of nitrogens with one attached hydrogen (secondary N) is 1. The van der Waals surface area contributed by atoms with Crippen molar-refractivity contribution in [1.82, 2.24) is 9.97 Å². The van der Waals surface area contributed by atoms with Gasteiger partial charge in [0.25, 0.3) is 0 Å². The average Bonchev–Trinajstić information content (AvgIpc) is 2.38. The van der Waals surface area contributed by atoms with Crippen LogP contribution >= 0.6 is 23.8 Å². The van der Waals surface area contributed by atoms with E-state index in [4.69, 9.17) is 28.6 Å². The summed E-state index contributed by atoms with van der Waals surface area (Å²) in [6.45, 7) is 2.79. The first-order valence-electron chi connectivity index (χ1n) is 5.73. The van der Waals surface area contributed by atoms with Crippen LogP contribution in [0, 0.1) is 10.5 Å². The number of halogens is 2. The van der Waals surface area contributed by atoms with Crippen molar-refractivity contribution in [2.45, 2.75) is 13.5 Å². The van der Waals surface area contributed by atoms with Crippen molar-refractivity contribution >= 4 is 23.8 Å². The molecule has 0 saturated heterocycles. The van der Waals surface area contributed by atoms with Crippen LogP contribution < -0.4 is 0 Å². The molecule has 0 radical (unpaired) electrons. The summed E-state index contributed by atoms with van der Waals surface area (Å²) in [5, 5.41) is 0.445. The lowest BCUT2D eigenvalue weighted by molar-refractivity contribution is 0.128. The minimum atomic E-state index is -0.359. The zero-order chi connectivity index (χ0) is 13.8. The van der Waals surface area contributed by atoms with Crippen molar-refractivity contribution in [3.05, 3.63) is 45.6 Å². The zero-order valence-corrected chi connectivity index (χ0v) is 11.8.